The van der Waals surface area contributed by atoms with Gasteiger partial charge in [0.2, 0.25) is 5.91 Å². The molecule has 0 saturated heterocycles. The fourth-order valence-corrected chi connectivity index (χ4v) is 2.66. The summed E-state index contributed by atoms with van der Waals surface area (Å²) in [5.41, 5.74) is 2.40. The number of fused-ring (bicyclic) bond motifs is 1. The number of halogens is 1. The SMILES string of the molecule is COc1ccc(NC(=O)C(C)n2cnc3ccccc32)cc1Cl. The summed E-state index contributed by atoms with van der Waals surface area (Å²) in [7, 11) is 1.55. The van der Waals surface area contributed by atoms with E-state index in [9.17, 15) is 4.79 Å². The molecule has 0 fully saturated rings. The molecule has 0 bridgehead atoms. The molecule has 118 valence electrons. The fourth-order valence-electron chi connectivity index (χ4n) is 2.40. The van der Waals surface area contributed by atoms with Crippen LogP contribution >= 0.6 is 11.6 Å². The monoisotopic (exact) mass is 329 g/mol. The Morgan fingerprint density at radius 3 is 2.83 bits per heavy atom. The summed E-state index contributed by atoms with van der Waals surface area (Å²) in [5.74, 6) is 0.424. The number of carbonyl (C=O) groups excluding carboxylic acids is 1. The van der Waals surface area contributed by atoms with Gasteiger partial charge in [0.15, 0.2) is 0 Å². The van der Waals surface area contributed by atoms with Crippen molar-refractivity contribution in [1.82, 2.24) is 9.55 Å². The van der Waals surface area contributed by atoms with Gasteiger partial charge in [-0.1, -0.05) is 23.7 Å². The number of amides is 1. The smallest absolute Gasteiger partial charge is 0.247 e. The van der Waals surface area contributed by atoms with Crippen LogP contribution in [0.2, 0.25) is 5.02 Å². The molecule has 1 amide bonds. The van der Waals surface area contributed by atoms with Crippen LogP contribution in [-0.2, 0) is 4.79 Å². The van der Waals surface area contributed by atoms with E-state index in [4.69, 9.17) is 16.3 Å². The second kappa shape index (κ2) is 6.30. The van der Waals surface area contributed by atoms with Gasteiger partial charge in [-0.3, -0.25) is 4.79 Å². The van der Waals surface area contributed by atoms with Crippen LogP contribution in [0.3, 0.4) is 0 Å². The van der Waals surface area contributed by atoms with E-state index in [0.29, 0.717) is 16.5 Å². The van der Waals surface area contributed by atoms with E-state index >= 15 is 0 Å². The van der Waals surface area contributed by atoms with Crippen LogP contribution in [0.15, 0.2) is 48.8 Å². The highest BCUT2D eigenvalue weighted by molar-refractivity contribution is 6.32. The molecular weight excluding hydrogens is 314 g/mol. The number of rotatable bonds is 4. The number of hydrogen-bond acceptors (Lipinski definition) is 3. The standard InChI is InChI=1S/C17H16ClN3O2/c1-11(21-10-19-14-5-3-4-6-15(14)21)17(22)20-12-7-8-16(23-2)13(18)9-12/h3-11H,1-2H3,(H,20,22). The number of benzene rings is 2. The molecule has 3 aromatic rings. The molecule has 0 radical (unpaired) electrons. The van der Waals surface area contributed by atoms with Gasteiger partial charge in [-0.25, -0.2) is 4.98 Å². The van der Waals surface area contributed by atoms with Crippen LogP contribution in [-0.4, -0.2) is 22.6 Å². The van der Waals surface area contributed by atoms with Crippen LogP contribution in [0.1, 0.15) is 13.0 Å². The molecule has 0 aliphatic heterocycles. The molecule has 0 aliphatic carbocycles. The molecule has 5 nitrogen and oxygen atoms in total. The average Bonchev–Trinajstić information content (AvgIpc) is 2.98. The Morgan fingerprint density at radius 2 is 2.09 bits per heavy atom. The second-order valence-corrected chi connectivity index (χ2v) is 5.56. The van der Waals surface area contributed by atoms with Crippen LogP contribution in [0.5, 0.6) is 5.75 Å². The minimum absolute atomic E-state index is 0.144. The van der Waals surface area contributed by atoms with Gasteiger partial charge in [-0.15, -0.1) is 0 Å². The van der Waals surface area contributed by atoms with Crippen molar-refractivity contribution in [2.24, 2.45) is 0 Å². The van der Waals surface area contributed by atoms with Crippen molar-refractivity contribution in [2.45, 2.75) is 13.0 Å². The minimum Gasteiger partial charge on any atom is -0.495 e. The van der Waals surface area contributed by atoms with Gasteiger partial charge in [0.25, 0.3) is 0 Å². The van der Waals surface area contributed by atoms with Gasteiger partial charge in [0.1, 0.15) is 11.8 Å². The topological polar surface area (TPSA) is 56.1 Å². The Hall–Kier alpha value is -2.53. The van der Waals surface area contributed by atoms with E-state index in [0.717, 1.165) is 11.0 Å². The third kappa shape index (κ3) is 3.00. The van der Waals surface area contributed by atoms with Gasteiger partial charge in [-0.2, -0.15) is 0 Å². The predicted molar refractivity (Wildman–Crippen MR) is 91.1 cm³/mol. The summed E-state index contributed by atoms with van der Waals surface area (Å²) < 4.78 is 6.95. The number of imidazole rings is 1. The molecule has 3 rings (SSSR count). The Balaban J connectivity index is 1.81. The molecular formula is C17H16ClN3O2. The van der Waals surface area contributed by atoms with Crippen molar-refractivity contribution >= 4 is 34.2 Å². The number of anilines is 1. The lowest BCUT2D eigenvalue weighted by molar-refractivity contribution is -0.118. The van der Waals surface area contributed by atoms with Crippen LogP contribution in [0, 0.1) is 0 Å². The van der Waals surface area contributed by atoms with E-state index in [1.165, 1.54) is 0 Å². The molecule has 0 saturated carbocycles. The van der Waals surface area contributed by atoms with Gasteiger partial charge in [0, 0.05) is 5.69 Å². The predicted octanol–water partition coefficient (Wildman–Crippen LogP) is 3.90. The number of methoxy groups -OCH3 is 1. The zero-order valence-electron chi connectivity index (χ0n) is 12.8. The maximum Gasteiger partial charge on any atom is 0.247 e. The molecule has 1 N–H and O–H groups in total. The molecule has 0 aliphatic rings. The molecule has 0 spiro atoms. The van der Waals surface area contributed by atoms with Gasteiger partial charge in [-0.05, 0) is 37.3 Å². The van der Waals surface area contributed by atoms with Crippen molar-refractivity contribution < 1.29 is 9.53 Å². The van der Waals surface area contributed by atoms with Crippen LogP contribution in [0.25, 0.3) is 11.0 Å². The van der Waals surface area contributed by atoms with Crippen molar-refractivity contribution in [3.8, 4) is 5.75 Å². The molecule has 1 aromatic heterocycles. The van der Waals surface area contributed by atoms with Crippen LogP contribution in [0.4, 0.5) is 5.69 Å². The third-order valence-corrected chi connectivity index (χ3v) is 3.99. The van der Waals surface area contributed by atoms with Gasteiger partial charge >= 0.3 is 0 Å². The molecule has 1 heterocycles. The first-order valence-electron chi connectivity index (χ1n) is 7.16. The summed E-state index contributed by atoms with van der Waals surface area (Å²) in [6, 6.07) is 12.4. The number of nitrogens with one attached hydrogen (secondary N) is 1. The fraction of sp³-hybridized carbons (Fsp3) is 0.176. The lowest BCUT2D eigenvalue weighted by Gasteiger charge is -2.15. The third-order valence-electron chi connectivity index (χ3n) is 3.70. The number of carbonyl (C=O) groups is 1. The summed E-state index contributed by atoms with van der Waals surface area (Å²) >= 11 is 6.08. The zero-order valence-corrected chi connectivity index (χ0v) is 13.5. The highest BCUT2D eigenvalue weighted by Crippen LogP contribution is 2.27. The minimum atomic E-state index is -0.400. The van der Waals surface area contributed by atoms with E-state index < -0.39 is 6.04 Å². The highest BCUT2D eigenvalue weighted by Gasteiger charge is 2.17. The second-order valence-electron chi connectivity index (χ2n) is 5.16. The Morgan fingerprint density at radius 1 is 1.30 bits per heavy atom. The Labute approximate surface area is 138 Å². The number of nitrogens with zero attached hydrogens (tertiary/aromatic N) is 2. The Kier molecular flexibility index (Phi) is 4.21. The highest BCUT2D eigenvalue weighted by atomic mass is 35.5. The normalized spacial score (nSPS) is 12.1. The quantitative estimate of drug-likeness (QED) is 0.789. The molecule has 2 aromatic carbocycles. The molecule has 6 heteroatoms. The van der Waals surface area contributed by atoms with Crippen molar-refractivity contribution in [3.05, 3.63) is 53.8 Å². The largest absolute Gasteiger partial charge is 0.495 e. The molecule has 1 atom stereocenters. The van der Waals surface area contributed by atoms with Crippen LogP contribution < -0.4 is 10.1 Å². The first-order chi connectivity index (χ1) is 11.1. The number of ether oxygens (including phenoxy) is 1. The summed E-state index contributed by atoms with van der Waals surface area (Å²) in [4.78, 5) is 16.8. The van der Waals surface area contributed by atoms with E-state index in [-0.39, 0.29) is 5.91 Å². The maximum atomic E-state index is 12.5. The van der Waals surface area contributed by atoms with E-state index in [1.807, 2.05) is 35.8 Å². The van der Waals surface area contributed by atoms with E-state index in [1.54, 1.807) is 31.6 Å². The lowest BCUT2D eigenvalue weighted by atomic mass is 10.2. The molecule has 1 unspecified atom stereocenters. The van der Waals surface area contributed by atoms with Crippen molar-refractivity contribution in [1.29, 1.82) is 0 Å². The van der Waals surface area contributed by atoms with Gasteiger partial charge < -0.3 is 14.6 Å². The number of aromatic nitrogens is 2. The van der Waals surface area contributed by atoms with Crippen molar-refractivity contribution in [2.75, 3.05) is 12.4 Å². The van der Waals surface area contributed by atoms with Crippen molar-refractivity contribution in [3.63, 3.8) is 0 Å². The Bertz CT molecular complexity index is 860. The number of para-hydroxylation sites is 2. The average molecular weight is 330 g/mol. The maximum absolute atomic E-state index is 12.5. The van der Waals surface area contributed by atoms with Gasteiger partial charge in [0.05, 0.1) is 29.5 Å². The zero-order chi connectivity index (χ0) is 16.4. The summed E-state index contributed by atoms with van der Waals surface area (Å²) in [6.45, 7) is 1.83. The summed E-state index contributed by atoms with van der Waals surface area (Å²) in [6.07, 6.45) is 1.68. The van der Waals surface area contributed by atoms with E-state index in [2.05, 4.69) is 10.3 Å². The first kappa shape index (κ1) is 15.4. The first-order valence-corrected chi connectivity index (χ1v) is 7.54. The lowest BCUT2D eigenvalue weighted by Crippen LogP contribution is -2.23. The number of hydrogen-bond donors (Lipinski definition) is 1. The summed E-state index contributed by atoms with van der Waals surface area (Å²) in [5, 5.41) is 3.31. The molecule has 23 heavy (non-hydrogen) atoms.